The number of carbonyl (C=O) groups excluding carboxylic acids is 1. The van der Waals surface area contributed by atoms with E-state index in [1.807, 2.05) is 31.2 Å². The van der Waals surface area contributed by atoms with Crippen LogP contribution in [0.3, 0.4) is 0 Å². The molecule has 0 saturated heterocycles. The second kappa shape index (κ2) is 6.28. The van der Waals surface area contributed by atoms with Crippen LogP contribution in [-0.4, -0.2) is 20.2 Å². The summed E-state index contributed by atoms with van der Waals surface area (Å²) in [7, 11) is 3.09. The van der Waals surface area contributed by atoms with E-state index in [0.717, 1.165) is 11.1 Å². The third kappa shape index (κ3) is 3.66. The van der Waals surface area contributed by atoms with Gasteiger partial charge in [0.05, 0.1) is 19.6 Å². The van der Waals surface area contributed by atoms with Gasteiger partial charge in [-0.25, -0.2) is 0 Å². The highest BCUT2D eigenvalue weighted by Gasteiger charge is 2.13. The van der Waals surface area contributed by atoms with Crippen molar-refractivity contribution < 1.29 is 14.3 Å². The Hall–Kier alpha value is -1.35. The predicted octanol–water partition coefficient (Wildman–Crippen LogP) is 2.18. The molecule has 1 unspecified atom stereocenters. The molecule has 0 aliphatic carbocycles. The highest BCUT2D eigenvalue weighted by Crippen LogP contribution is 2.11. The summed E-state index contributed by atoms with van der Waals surface area (Å²) < 4.78 is 9.72. The van der Waals surface area contributed by atoms with Crippen LogP contribution < -0.4 is 0 Å². The maximum absolute atomic E-state index is 11.2. The highest BCUT2D eigenvalue weighted by atomic mass is 16.5. The first-order valence-corrected chi connectivity index (χ1v) is 5.32. The first kappa shape index (κ1) is 12.7. The van der Waals surface area contributed by atoms with Gasteiger partial charge in [0.15, 0.2) is 0 Å². The lowest BCUT2D eigenvalue weighted by Crippen LogP contribution is -2.15. The lowest BCUT2D eigenvalue weighted by atomic mass is 10.0. The van der Waals surface area contributed by atoms with Crippen molar-refractivity contribution >= 4 is 5.97 Å². The molecule has 0 bridgehead atoms. The number of hydrogen-bond acceptors (Lipinski definition) is 3. The molecule has 1 rings (SSSR count). The van der Waals surface area contributed by atoms with Crippen molar-refractivity contribution in [2.75, 3.05) is 14.2 Å². The number of esters is 1. The molecular weight excluding hydrogens is 204 g/mol. The van der Waals surface area contributed by atoms with Crippen LogP contribution in [0.2, 0.25) is 0 Å². The molecule has 88 valence electrons. The number of methoxy groups -OCH3 is 2. The van der Waals surface area contributed by atoms with E-state index in [9.17, 15) is 4.79 Å². The van der Waals surface area contributed by atoms with Gasteiger partial charge in [-0.15, -0.1) is 0 Å². The number of benzene rings is 1. The summed E-state index contributed by atoms with van der Waals surface area (Å²) in [5.41, 5.74) is 2.27. The van der Waals surface area contributed by atoms with Crippen LogP contribution in [-0.2, 0) is 27.3 Å². The van der Waals surface area contributed by atoms with E-state index in [4.69, 9.17) is 4.74 Å². The fraction of sp³-hybridized carbons (Fsp3) is 0.462. The molecular formula is C13H18O3. The van der Waals surface area contributed by atoms with Crippen molar-refractivity contribution in [1.82, 2.24) is 0 Å². The summed E-state index contributed by atoms with van der Waals surface area (Å²) in [5.74, 6) is -0.265. The van der Waals surface area contributed by atoms with Gasteiger partial charge in [0.25, 0.3) is 0 Å². The van der Waals surface area contributed by atoms with Gasteiger partial charge in [0.2, 0.25) is 0 Å². The van der Waals surface area contributed by atoms with Gasteiger partial charge in [-0.1, -0.05) is 31.2 Å². The number of carbonyl (C=O) groups is 1. The van der Waals surface area contributed by atoms with E-state index in [1.165, 1.54) is 7.11 Å². The minimum Gasteiger partial charge on any atom is -0.469 e. The molecule has 1 atom stereocenters. The Balaban J connectivity index is 2.58. The van der Waals surface area contributed by atoms with Crippen LogP contribution in [0.25, 0.3) is 0 Å². The Labute approximate surface area is 96.4 Å². The lowest BCUT2D eigenvalue weighted by molar-refractivity contribution is -0.144. The van der Waals surface area contributed by atoms with Crippen LogP contribution in [0.1, 0.15) is 18.1 Å². The van der Waals surface area contributed by atoms with E-state index >= 15 is 0 Å². The molecule has 16 heavy (non-hydrogen) atoms. The monoisotopic (exact) mass is 222 g/mol. The fourth-order valence-corrected chi connectivity index (χ4v) is 1.58. The van der Waals surface area contributed by atoms with Crippen LogP contribution in [0.4, 0.5) is 0 Å². The van der Waals surface area contributed by atoms with Crippen molar-refractivity contribution in [3.05, 3.63) is 35.4 Å². The highest BCUT2D eigenvalue weighted by molar-refractivity contribution is 5.72. The van der Waals surface area contributed by atoms with Crippen molar-refractivity contribution in [1.29, 1.82) is 0 Å². The van der Waals surface area contributed by atoms with Gasteiger partial charge in [-0.05, 0) is 17.5 Å². The summed E-state index contributed by atoms with van der Waals surface area (Å²) in [6.07, 6.45) is 0.708. The third-order valence-electron chi connectivity index (χ3n) is 2.48. The van der Waals surface area contributed by atoms with Gasteiger partial charge < -0.3 is 9.47 Å². The molecule has 3 heteroatoms. The molecule has 1 aromatic carbocycles. The van der Waals surface area contributed by atoms with Gasteiger partial charge in [0, 0.05) is 7.11 Å². The Bertz CT molecular complexity index is 330. The standard InChI is InChI=1S/C13H18O3/c1-10(13(14)16-3)8-11-4-6-12(7-5-11)9-15-2/h4-7,10H,8-9H2,1-3H3. The zero-order valence-corrected chi connectivity index (χ0v) is 10.0. The molecule has 0 fully saturated rings. The summed E-state index contributed by atoms with van der Waals surface area (Å²) in [6, 6.07) is 8.08. The topological polar surface area (TPSA) is 35.5 Å². The zero-order valence-electron chi connectivity index (χ0n) is 10.0. The SMILES string of the molecule is COCc1ccc(CC(C)C(=O)OC)cc1. The fourth-order valence-electron chi connectivity index (χ4n) is 1.58. The molecule has 0 aromatic heterocycles. The molecule has 0 heterocycles. The van der Waals surface area contributed by atoms with Gasteiger partial charge in [0.1, 0.15) is 0 Å². The van der Waals surface area contributed by atoms with Gasteiger partial charge in [-0.3, -0.25) is 4.79 Å². The Morgan fingerprint density at radius 2 is 1.75 bits per heavy atom. The molecule has 1 aromatic rings. The van der Waals surface area contributed by atoms with E-state index in [1.54, 1.807) is 7.11 Å². The molecule has 0 aliphatic heterocycles. The molecule has 0 spiro atoms. The largest absolute Gasteiger partial charge is 0.469 e. The van der Waals surface area contributed by atoms with Crippen LogP contribution in [0.5, 0.6) is 0 Å². The molecule has 0 radical (unpaired) electrons. The normalized spacial score (nSPS) is 12.2. The molecule has 0 N–H and O–H groups in total. The first-order valence-electron chi connectivity index (χ1n) is 5.32. The lowest BCUT2D eigenvalue weighted by Gasteiger charge is -2.09. The summed E-state index contributed by atoms with van der Waals surface area (Å²) in [5, 5.41) is 0. The van der Waals surface area contributed by atoms with Gasteiger partial charge >= 0.3 is 5.97 Å². The van der Waals surface area contributed by atoms with E-state index in [2.05, 4.69) is 4.74 Å². The number of rotatable bonds is 5. The first-order chi connectivity index (χ1) is 7.67. The van der Waals surface area contributed by atoms with Crippen molar-refractivity contribution in [3.63, 3.8) is 0 Å². The Morgan fingerprint density at radius 3 is 2.25 bits per heavy atom. The Kier molecular flexibility index (Phi) is 4.99. The minimum absolute atomic E-state index is 0.0988. The van der Waals surface area contributed by atoms with E-state index in [-0.39, 0.29) is 11.9 Å². The molecule has 0 saturated carbocycles. The quantitative estimate of drug-likeness (QED) is 0.716. The van der Waals surface area contributed by atoms with Crippen LogP contribution in [0, 0.1) is 5.92 Å². The number of ether oxygens (including phenoxy) is 2. The average molecular weight is 222 g/mol. The molecule has 0 amide bonds. The van der Waals surface area contributed by atoms with Crippen molar-refractivity contribution in [2.45, 2.75) is 20.0 Å². The van der Waals surface area contributed by atoms with Crippen LogP contribution in [0.15, 0.2) is 24.3 Å². The minimum atomic E-state index is -0.166. The zero-order chi connectivity index (χ0) is 12.0. The third-order valence-corrected chi connectivity index (χ3v) is 2.48. The van der Waals surface area contributed by atoms with E-state index < -0.39 is 0 Å². The average Bonchev–Trinajstić information content (AvgIpc) is 2.31. The number of hydrogen-bond donors (Lipinski definition) is 0. The predicted molar refractivity (Wildman–Crippen MR) is 62.0 cm³/mol. The second-order valence-electron chi connectivity index (χ2n) is 3.88. The smallest absolute Gasteiger partial charge is 0.308 e. The molecule has 3 nitrogen and oxygen atoms in total. The Morgan fingerprint density at radius 1 is 1.19 bits per heavy atom. The van der Waals surface area contributed by atoms with Crippen molar-refractivity contribution in [2.24, 2.45) is 5.92 Å². The van der Waals surface area contributed by atoms with Crippen molar-refractivity contribution in [3.8, 4) is 0 Å². The molecule has 0 aliphatic rings. The maximum Gasteiger partial charge on any atom is 0.308 e. The van der Waals surface area contributed by atoms with Gasteiger partial charge in [-0.2, -0.15) is 0 Å². The second-order valence-corrected chi connectivity index (χ2v) is 3.88. The summed E-state index contributed by atoms with van der Waals surface area (Å²) in [6.45, 7) is 2.49. The summed E-state index contributed by atoms with van der Waals surface area (Å²) in [4.78, 5) is 11.2. The summed E-state index contributed by atoms with van der Waals surface area (Å²) >= 11 is 0. The van der Waals surface area contributed by atoms with E-state index in [0.29, 0.717) is 13.0 Å². The maximum atomic E-state index is 11.2. The van der Waals surface area contributed by atoms with Crippen LogP contribution >= 0.6 is 0 Å².